The van der Waals surface area contributed by atoms with Gasteiger partial charge in [0.2, 0.25) is 0 Å². The molecule has 0 atom stereocenters. The van der Waals surface area contributed by atoms with Gasteiger partial charge in [0.05, 0.1) is 5.66 Å². The third kappa shape index (κ3) is 6.75. The van der Waals surface area contributed by atoms with Gasteiger partial charge in [-0.25, -0.2) is 0 Å². The van der Waals surface area contributed by atoms with E-state index in [0.29, 0.717) is 0 Å². The second kappa shape index (κ2) is 9.80. The predicted molar refractivity (Wildman–Crippen MR) is 83.0 cm³/mol. The molecule has 0 aliphatic rings. The lowest BCUT2D eigenvalue weighted by Crippen LogP contribution is -2.52. The zero-order valence-corrected chi connectivity index (χ0v) is 13.8. The Balaban J connectivity index is 3.63. The summed E-state index contributed by atoms with van der Waals surface area (Å²) in [6.45, 7) is 4.62. The Morgan fingerprint density at radius 2 is 1.06 bits per heavy atom. The van der Waals surface area contributed by atoms with Crippen molar-refractivity contribution < 1.29 is 0 Å². The molecule has 0 aromatic heterocycles. The van der Waals surface area contributed by atoms with Gasteiger partial charge in [-0.1, -0.05) is 58.3 Å². The highest BCUT2D eigenvalue weighted by molar-refractivity contribution is 4.79. The predicted octanol–water partition coefficient (Wildman–Crippen LogP) is 4.36. The second-order valence-corrected chi connectivity index (χ2v) is 6.23. The molecule has 0 heterocycles. The van der Waals surface area contributed by atoms with Crippen LogP contribution in [0.25, 0.3) is 0 Å². The Hall–Kier alpha value is -0.0800. The van der Waals surface area contributed by atoms with Crippen LogP contribution in [0.4, 0.5) is 0 Å². The van der Waals surface area contributed by atoms with Crippen LogP contribution in [0.5, 0.6) is 0 Å². The van der Waals surface area contributed by atoms with Gasteiger partial charge < -0.3 is 0 Å². The van der Waals surface area contributed by atoms with Crippen molar-refractivity contribution in [3.05, 3.63) is 0 Å². The molecule has 110 valence electrons. The molecule has 18 heavy (non-hydrogen) atoms. The van der Waals surface area contributed by atoms with Crippen LogP contribution in [-0.2, 0) is 0 Å². The van der Waals surface area contributed by atoms with Gasteiger partial charge in [0.15, 0.2) is 0 Å². The fourth-order valence-corrected chi connectivity index (χ4v) is 2.44. The molecule has 0 aliphatic carbocycles. The first-order chi connectivity index (χ1) is 8.45. The highest BCUT2D eigenvalue weighted by atomic mass is 15.4. The standard InChI is InChI=1S/C16H36N2/c1-7-8-9-10-11-12-13-14-15-16(2,17(3)4)18(5)6/h7-15H2,1-6H3. The maximum absolute atomic E-state index is 2.34. The van der Waals surface area contributed by atoms with E-state index >= 15 is 0 Å². The van der Waals surface area contributed by atoms with Gasteiger partial charge in [-0.05, 0) is 41.5 Å². The van der Waals surface area contributed by atoms with E-state index in [-0.39, 0.29) is 5.66 Å². The van der Waals surface area contributed by atoms with Gasteiger partial charge in [0.1, 0.15) is 0 Å². The maximum atomic E-state index is 2.34. The minimum Gasteiger partial charge on any atom is -0.292 e. The van der Waals surface area contributed by atoms with E-state index in [1.807, 2.05) is 0 Å². The number of hydrogen-bond acceptors (Lipinski definition) is 2. The Bertz CT molecular complexity index is 180. The lowest BCUT2D eigenvalue weighted by Gasteiger charge is -2.42. The summed E-state index contributed by atoms with van der Waals surface area (Å²) in [6, 6.07) is 0. The van der Waals surface area contributed by atoms with Crippen LogP contribution in [0.1, 0.15) is 71.6 Å². The van der Waals surface area contributed by atoms with Crippen molar-refractivity contribution in [3.8, 4) is 0 Å². The molecule has 0 bridgehead atoms. The zero-order valence-electron chi connectivity index (χ0n) is 13.8. The molecule has 0 unspecified atom stereocenters. The molecule has 0 saturated heterocycles. The summed E-state index contributed by atoms with van der Waals surface area (Å²) < 4.78 is 0. The van der Waals surface area contributed by atoms with Crippen molar-refractivity contribution in [2.24, 2.45) is 0 Å². The molecule has 0 saturated carbocycles. The zero-order chi connectivity index (χ0) is 14.0. The van der Waals surface area contributed by atoms with Crippen LogP contribution < -0.4 is 0 Å². The van der Waals surface area contributed by atoms with Crippen molar-refractivity contribution in [1.82, 2.24) is 9.80 Å². The Labute approximate surface area is 116 Å². The molecule has 0 aromatic rings. The van der Waals surface area contributed by atoms with Gasteiger partial charge in [0.25, 0.3) is 0 Å². The first kappa shape index (κ1) is 17.9. The molecule has 0 fully saturated rings. The van der Waals surface area contributed by atoms with Gasteiger partial charge in [-0.3, -0.25) is 9.80 Å². The Kier molecular flexibility index (Phi) is 9.76. The normalized spacial score (nSPS) is 12.7. The highest BCUT2D eigenvalue weighted by Crippen LogP contribution is 2.22. The number of hydrogen-bond donors (Lipinski definition) is 0. The fourth-order valence-electron chi connectivity index (χ4n) is 2.44. The largest absolute Gasteiger partial charge is 0.292 e. The third-order valence-electron chi connectivity index (χ3n) is 4.43. The van der Waals surface area contributed by atoms with Crippen LogP contribution in [0.3, 0.4) is 0 Å². The van der Waals surface area contributed by atoms with Gasteiger partial charge in [-0.15, -0.1) is 0 Å². The van der Waals surface area contributed by atoms with Crippen molar-refractivity contribution in [2.75, 3.05) is 28.2 Å². The van der Waals surface area contributed by atoms with Gasteiger partial charge in [-0.2, -0.15) is 0 Å². The minimum atomic E-state index is 0.211. The Morgan fingerprint density at radius 1 is 0.667 bits per heavy atom. The average molecular weight is 256 g/mol. The summed E-state index contributed by atoms with van der Waals surface area (Å²) in [5, 5.41) is 0. The van der Waals surface area contributed by atoms with Crippen LogP contribution >= 0.6 is 0 Å². The summed E-state index contributed by atoms with van der Waals surface area (Å²) in [5.74, 6) is 0. The van der Waals surface area contributed by atoms with Crippen LogP contribution in [-0.4, -0.2) is 43.7 Å². The van der Waals surface area contributed by atoms with E-state index in [1.54, 1.807) is 0 Å². The average Bonchev–Trinajstić information content (AvgIpc) is 2.31. The van der Waals surface area contributed by atoms with Crippen LogP contribution in [0, 0.1) is 0 Å². The molecule has 0 N–H and O–H groups in total. The molecule has 0 spiro atoms. The molecule has 0 rings (SSSR count). The molecule has 0 radical (unpaired) electrons. The number of nitrogens with zero attached hydrogens (tertiary/aromatic N) is 2. The molecule has 2 heteroatoms. The molecular weight excluding hydrogens is 220 g/mol. The molecular formula is C16H36N2. The summed E-state index contributed by atoms with van der Waals surface area (Å²) in [6.07, 6.45) is 12.5. The quantitative estimate of drug-likeness (QED) is 0.400. The van der Waals surface area contributed by atoms with E-state index in [0.717, 1.165) is 0 Å². The molecule has 2 nitrogen and oxygen atoms in total. The van der Waals surface area contributed by atoms with E-state index in [2.05, 4.69) is 51.8 Å². The first-order valence-electron chi connectivity index (χ1n) is 7.80. The fraction of sp³-hybridized carbons (Fsp3) is 1.00. The third-order valence-corrected chi connectivity index (χ3v) is 4.43. The van der Waals surface area contributed by atoms with E-state index in [9.17, 15) is 0 Å². The summed E-state index contributed by atoms with van der Waals surface area (Å²) >= 11 is 0. The molecule has 0 amide bonds. The van der Waals surface area contributed by atoms with Crippen LogP contribution in [0.2, 0.25) is 0 Å². The van der Waals surface area contributed by atoms with Crippen LogP contribution in [0.15, 0.2) is 0 Å². The van der Waals surface area contributed by atoms with Gasteiger partial charge in [0, 0.05) is 0 Å². The maximum Gasteiger partial charge on any atom is 0.0698 e. The Morgan fingerprint density at radius 3 is 1.44 bits per heavy atom. The minimum absolute atomic E-state index is 0.211. The highest BCUT2D eigenvalue weighted by Gasteiger charge is 2.28. The lowest BCUT2D eigenvalue weighted by molar-refractivity contribution is 0.0111. The van der Waals surface area contributed by atoms with Crippen molar-refractivity contribution in [1.29, 1.82) is 0 Å². The smallest absolute Gasteiger partial charge is 0.0698 e. The molecule has 0 aliphatic heterocycles. The summed E-state index contributed by atoms with van der Waals surface area (Å²) in [4.78, 5) is 4.68. The SMILES string of the molecule is CCCCCCCCCCC(C)(N(C)C)N(C)C. The van der Waals surface area contributed by atoms with E-state index < -0.39 is 0 Å². The summed E-state index contributed by atoms with van der Waals surface area (Å²) in [5.41, 5.74) is 0.211. The van der Waals surface area contributed by atoms with Gasteiger partial charge >= 0.3 is 0 Å². The van der Waals surface area contributed by atoms with Crippen molar-refractivity contribution in [2.45, 2.75) is 77.3 Å². The number of unbranched alkanes of at least 4 members (excludes halogenated alkanes) is 7. The first-order valence-corrected chi connectivity index (χ1v) is 7.80. The van der Waals surface area contributed by atoms with Crippen molar-refractivity contribution in [3.63, 3.8) is 0 Å². The van der Waals surface area contributed by atoms with E-state index in [4.69, 9.17) is 0 Å². The number of rotatable bonds is 11. The molecule has 0 aromatic carbocycles. The van der Waals surface area contributed by atoms with E-state index in [1.165, 1.54) is 57.8 Å². The summed E-state index contributed by atoms with van der Waals surface area (Å²) in [7, 11) is 8.74. The van der Waals surface area contributed by atoms with Crippen molar-refractivity contribution >= 4 is 0 Å². The monoisotopic (exact) mass is 256 g/mol. The topological polar surface area (TPSA) is 6.48 Å². The second-order valence-electron chi connectivity index (χ2n) is 6.23. The lowest BCUT2D eigenvalue weighted by atomic mass is 9.99.